The Morgan fingerprint density at radius 3 is 2.35 bits per heavy atom. The minimum atomic E-state index is -0.681. The van der Waals surface area contributed by atoms with Crippen LogP contribution in [0.1, 0.15) is 88.9 Å². The summed E-state index contributed by atoms with van der Waals surface area (Å²) in [7, 11) is 0. The van der Waals surface area contributed by atoms with Gasteiger partial charge in [-0.2, -0.15) is 5.26 Å². The van der Waals surface area contributed by atoms with Crippen molar-refractivity contribution in [3.05, 3.63) is 81.5 Å². The van der Waals surface area contributed by atoms with Gasteiger partial charge in [0, 0.05) is 62.4 Å². The first kappa shape index (κ1) is 34.0. The van der Waals surface area contributed by atoms with Crippen molar-refractivity contribution in [2.45, 2.75) is 94.7 Å². The van der Waals surface area contributed by atoms with Gasteiger partial charge in [0.05, 0.1) is 16.7 Å². The highest BCUT2D eigenvalue weighted by Gasteiger charge is 2.46. The lowest BCUT2D eigenvalue weighted by molar-refractivity contribution is -0.156. The van der Waals surface area contributed by atoms with E-state index in [0.717, 1.165) is 49.4 Å². The van der Waals surface area contributed by atoms with Crippen LogP contribution in [0.3, 0.4) is 0 Å². The highest BCUT2D eigenvalue weighted by Crippen LogP contribution is 2.36. The van der Waals surface area contributed by atoms with E-state index in [4.69, 9.17) is 27.3 Å². The standard InChI is InChI=1S/C38H39ClN8O5/c39-31-16-29(7-2-23(31)17-40)52-28-8-5-25(6-9-28)47-35(48)14-12-33(38(47)51)46-19-24-15-22(1-10-30(24)37(46)50)18-45-26-3-4-27(45)21-44(20-26)34-13-11-32(36(41)49)42-43-34/h1-2,7,10-11,13,15-16,25-28,33H,3-6,8-9,12,14,18-21H2,(H2,41,49)/t25?,26-,27-,28?,33-/m1/s1. The Hall–Kier alpha value is -5.06. The number of aromatic nitrogens is 2. The molecule has 1 aliphatic carbocycles. The van der Waals surface area contributed by atoms with Crippen LogP contribution < -0.4 is 15.4 Å². The molecule has 5 heterocycles. The molecule has 3 atom stereocenters. The molecule has 3 saturated heterocycles. The van der Waals surface area contributed by atoms with Crippen LogP contribution in [-0.2, 0) is 22.7 Å². The van der Waals surface area contributed by atoms with Crippen molar-refractivity contribution in [1.29, 1.82) is 5.26 Å². The molecule has 14 heteroatoms. The number of nitrogens with zero attached hydrogens (tertiary/aromatic N) is 7. The number of ether oxygens (including phenoxy) is 1. The van der Waals surface area contributed by atoms with Crippen molar-refractivity contribution >= 4 is 41.0 Å². The van der Waals surface area contributed by atoms with Gasteiger partial charge >= 0.3 is 0 Å². The van der Waals surface area contributed by atoms with Crippen LogP contribution >= 0.6 is 11.6 Å². The number of primary amides is 1. The summed E-state index contributed by atoms with van der Waals surface area (Å²) in [6.07, 6.45) is 5.15. The minimum absolute atomic E-state index is 0.0924. The first-order valence-electron chi connectivity index (χ1n) is 18.0. The van der Waals surface area contributed by atoms with E-state index >= 15 is 0 Å². The smallest absolute Gasteiger partial charge is 0.269 e. The Morgan fingerprint density at radius 1 is 0.923 bits per heavy atom. The number of nitriles is 1. The number of rotatable bonds is 8. The number of benzene rings is 2. The Balaban J connectivity index is 0.887. The van der Waals surface area contributed by atoms with Gasteiger partial charge in [-0.25, -0.2) is 0 Å². The van der Waals surface area contributed by atoms with Gasteiger partial charge in [0.1, 0.15) is 17.9 Å². The van der Waals surface area contributed by atoms with Crippen molar-refractivity contribution in [2.75, 3.05) is 18.0 Å². The Morgan fingerprint density at radius 2 is 1.67 bits per heavy atom. The van der Waals surface area contributed by atoms with E-state index in [1.54, 1.807) is 35.2 Å². The summed E-state index contributed by atoms with van der Waals surface area (Å²) in [5.74, 6) is 0.0970. The average molecular weight is 723 g/mol. The maximum absolute atomic E-state index is 14.0. The summed E-state index contributed by atoms with van der Waals surface area (Å²) in [4.78, 5) is 60.1. The molecule has 4 aliphatic heterocycles. The third-order valence-electron chi connectivity index (χ3n) is 11.4. The molecule has 0 radical (unpaired) electrons. The summed E-state index contributed by atoms with van der Waals surface area (Å²) < 4.78 is 6.13. The van der Waals surface area contributed by atoms with Crippen molar-refractivity contribution in [1.82, 2.24) is 24.9 Å². The van der Waals surface area contributed by atoms with E-state index in [2.05, 4.69) is 26.1 Å². The number of imide groups is 1. The zero-order valence-corrected chi connectivity index (χ0v) is 29.4. The molecule has 3 aromatic rings. The predicted molar refractivity (Wildman–Crippen MR) is 189 cm³/mol. The van der Waals surface area contributed by atoms with Gasteiger partial charge in [-0.15, -0.1) is 10.2 Å². The van der Waals surface area contributed by atoms with Gasteiger partial charge in [-0.1, -0.05) is 23.7 Å². The second-order valence-electron chi connectivity index (χ2n) is 14.5. The van der Waals surface area contributed by atoms with Crippen molar-refractivity contribution in [3.8, 4) is 11.8 Å². The second-order valence-corrected chi connectivity index (χ2v) is 14.9. The fraction of sp³-hybridized carbons (Fsp3) is 0.447. The van der Waals surface area contributed by atoms with Gasteiger partial charge in [0.15, 0.2) is 11.5 Å². The monoisotopic (exact) mass is 722 g/mol. The average Bonchev–Trinajstić information content (AvgIpc) is 3.57. The number of anilines is 1. The molecule has 52 heavy (non-hydrogen) atoms. The number of likely N-dealkylation sites (tertiary alicyclic amines) is 1. The van der Waals surface area contributed by atoms with E-state index in [9.17, 15) is 19.2 Å². The summed E-state index contributed by atoms with van der Waals surface area (Å²) in [6.45, 7) is 2.71. The van der Waals surface area contributed by atoms with Crippen LogP contribution in [0.25, 0.3) is 0 Å². The SMILES string of the molecule is N#Cc1ccc(OC2CCC(N3C(=O)CC[C@@H](N4Cc5cc(CN6[C@@H]7CC[C@@H]6CN(c6ccc(C(N)=O)nn6)C7)ccc5C4=O)C3=O)CC2)cc1Cl. The van der Waals surface area contributed by atoms with Crippen LogP contribution in [-0.4, -0.2) is 91.9 Å². The molecule has 1 saturated carbocycles. The lowest BCUT2D eigenvalue weighted by Crippen LogP contribution is -2.58. The number of carbonyl (C=O) groups excluding carboxylic acids is 4. The number of carbonyl (C=O) groups is 4. The maximum atomic E-state index is 14.0. The van der Waals surface area contributed by atoms with Gasteiger partial charge in [0.2, 0.25) is 5.91 Å². The molecule has 2 N–H and O–H groups in total. The number of halogens is 1. The molecule has 5 aliphatic rings. The fourth-order valence-corrected chi connectivity index (χ4v) is 8.96. The number of piperidine rings is 1. The lowest BCUT2D eigenvalue weighted by Gasteiger charge is -2.41. The first-order valence-corrected chi connectivity index (χ1v) is 18.3. The van der Waals surface area contributed by atoms with E-state index < -0.39 is 11.9 Å². The number of fused-ring (bicyclic) bond motifs is 3. The lowest BCUT2D eigenvalue weighted by atomic mass is 9.89. The molecule has 0 spiro atoms. The normalized spacial score (nSPS) is 26.0. The zero-order valence-electron chi connectivity index (χ0n) is 28.6. The van der Waals surface area contributed by atoms with Gasteiger partial charge in [0.25, 0.3) is 17.7 Å². The summed E-state index contributed by atoms with van der Waals surface area (Å²) in [5.41, 5.74) is 8.51. The molecular formula is C38H39ClN8O5. The molecule has 13 nitrogen and oxygen atoms in total. The number of amides is 4. The Kier molecular flexibility index (Phi) is 9.05. The summed E-state index contributed by atoms with van der Waals surface area (Å²) in [5, 5.41) is 17.7. The Bertz CT molecular complexity index is 1960. The zero-order chi connectivity index (χ0) is 36.1. The van der Waals surface area contributed by atoms with Gasteiger partial charge < -0.3 is 20.3 Å². The molecule has 268 valence electrons. The number of hydrogen-bond donors (Lipinski definition) is 1. The third kappa shape index (κ3) is 6.34. The van der Waals surface area contributed by atoms with Crippen LogP contribution in [0.2, 0.25) is 5.02 Å². The van der Waals surface area contributed by atoms with Crippen molar-refractivity contribution < 1.29 is 23.9 Å². The van der Waals surface area contributed by atoms with Crippen LogP contribution in [0.4, 0.5) is 5.82 Å². The predicted octanol–water partition coefficient (Wildman–Crippen LogP) is 3.82. The molecule has 8 rings (SSSR count). The minimum Gasteiger partial charge on any atom is -0.490 e. The van der Waals surface area contributed by atoms with E-state index in [1.165, 1.54) is 4.90 Å². The molecule has 0 unspecified atom stereocenters. The van der Waals surface area contributed by atoms with Gasteiger partial charge in [-0.3, -0.25) is 29.0 Å². The number of hydrogen-bond acceptors (Lipinski definition) is 10. The maximum Gasteiger partial charge on any atom is 0.269 e. The molecule has 2 bridgehead atoms. The molecular weight excluding hydrogens is 684 g/mol. The van der Waals surface area contributed by atoms with Crippen molar-refractivity contribution in [3.63, 3.8) is 0 Å². The number of piperazine rings is 1. The van der Waals surface area contributed by atoms with Crippen LogP contribution in [0, 0.1) is 11.3 Å². The summed E-state index contributed by atoms with van der Waals surface area (Å²) >= 11 is 6.18. The quantitative estimate of drug-likeness (QED) is 0.338. The first-order chi connectivity index (χ1) is 25.2. The van der Waals surface area contributed by atoms with Crippen LogP contribution in [0.5, 0.6) is 5.75 Å². The van der Waals surface area contributed by atoms with Crippen LogP contribution in [0.15, 0.2) is 48.5 Å². The fourth-order valence-electron chi connectivity index (χ4n) is 8.75. The summed E-state index contributed by atoms with van der Waals surface area (Å²) in [6, 6.07) is 16.2. The van der Waals surface area contributed by atoms with Crippen molar-refractivity contribution in [2.24, 2.45) is 5.73 Å². The second kappa shape index (κ2) is 13.8. The number of nitrogens with two attached hydrogens (primary N) is 1. The third-order valence-corrected chi connectivity index (χ3v) is 11.7. The Labute approximate surface area is 306 Å². The van der Waals surface area contributed by atoms with E-state index in [0.29, 0.717) is 72.6 Å². The topological polar surface area (TPSA) is 166 Å². The highest BCUT2D eigenvalue weighted by atomic mass is 35.5. The van der Waals surface area contributed by atoms with Gasteiger partial charge in [-0.05, 0) is 86.4 Å². The van der Waals surface area contributed by atoms with E-state index in [-0.39, 0.29) is 42.0 Å². The highest BCUT2D eigenvalue weighted by molar-refractivity contribution is 6.31. The molecule has 4 amide bonds. The molecule has 2 aromatic carbocycles. The molecule has 4 fully saturated rings. The van der Waals surface area contributed by atoms with E-state index in [1.807, 2.05) is 18.2 Å². The largest absolute Gasteiger partial charge is 0.490 e. The molecule has 1 aromatic heterocycles.